The quantitative estimate of drug-likeness (QED) is 0.683. The number of thiazole rings is 1. The van der Waals surface area contributed by atoms with Crippen molar-refractivity contribution in [2.45, 2.75) is 0 Å². The Morgan fingerprint density at radius 1 is 1.15 bits per heavy atom. The molecule has 0 saturated carbocycles. The first kappa shape index (κ1) is 17.5. The number of nitrogens with one attached hydrogen (secondary N) is 1. The third-order valence-corrected chi connectivity index (χ3v) is 5.82. The maximum atomic E-state index is 12.5. The van der Waals surface area contributed by atoms with E-state index in [1.165, 1.54) is 0 Å². The number of ether oxygens (including phenoxy) is 1. The average Bonchev–Trinajstić information content (AvgIpc) is 3.06. The first-order valence-electron chi connectivity index (χ1n) is 8.10. The minimum absolute atomic E-state index is 0.272. The van der Waals surface area contributed by atoms with E-state index in [1.807, 2.05) is 18.2 Å². The van der Waals surface area contributed by atoms with Gasteiger partial charge in [-0.05, 0) is 30.3 Å². The normalized spacial score (nSPS) is 14.6. The molecule has 134 valence electrons. The van der Waals surface area contributed by atoms with Crippen LogP contribution >= 0.6 is 34.5 Å². The zero-order valence-corrected chi connectivity index (χ0v) is 16.0. The van der Waals surface area contributed by atoms with Crippen molar-refractivity contribution in [2.24, 2.45) is 0 Å². The number of fused-ring (bicyclic) bond motifs is 1. The van der Waals surface area contributed by atoms with E-state index in [9.17, 15) is 4.79 Å². The van der Waals surface area contributed by atoms with E-state index in [4.69, 9.17) is 27.9 Å². The van der Waals surface area contributed by atoms with Crippen LogP contribution < -0.4 is 10.2 Å². The van der Waals surface area contributed by atoms with Gasteiger partial charge in [-0.15, -0.1) is 0 Å². The molecule has 1 aliphatic heterocycles. The molecule has 26 heavy (non-hydrogen) atoms. The van der Waals surface area contributed by atoms with Crippen molar-refractivity contribution in [1.29, 1.82) is 0 Å². The number of nitrogens with zero attached hydrogens (tertiary/aromatic N) is 2. The molecule has 1 saturated heterocycles. The van der Waals surface area contributed by atoms with Gasteiger partial charge >= 0.3 is 0 Å². The van der Waals surface area contributed by atoms with Gasteiger partial charge in [0, 0.05) is 18.8 Å². The topological polar surface area (TPSA) is 54.5 Å². The van der Waals surface area contributed by atoms with E-state index >= 15 is 0 Å². The number of rotatable bonds is 3. The molecule has 0 spiro atoms. The molecule has 1 fully saturated rings. The van der Waals surface area contributed by atoms with Crippen molar-refractivity contribution >= 4 is 61.5 Å². The van der Waals surface area contributed by atoms with Crippen LogP contribution in [0.3, 0.4) is 0 Å². The number of hydrogen-bond acceptors (Lipinski definition) is 5. The zero-order valence-electron chi connectivity index (χ0n) is 13.7. The molecule has 1 amide bonds. The highest BCUT2D eigenvalue weighted by Gasteiger charge is 2.17. The Balaban J connectivity index is 1.58. The molecule has 1 N–H and O–H groups in total. The van der Waals surface area contributed by atoms with Gasteiger partial charge in [0.1, 0.15) is 0 Å². The molecule has 0 bridgehead atoms. The molecule has 0 radical (unpaired) electrons. The molecule has 1 aromatic heterocycles. The van der Waals surface area contributed by atoms with Gasteiger partial charge in [-0.3, -0.25) is 4.79 Å². The SMILES string of the molecule is O=C(Nc1ccc2nc(N3CCOCC3)sc2c1)c1c(Cl)cccc1Cl. The predicted molar refractivity (Wildman–Crippen MR) is 107 cm³/mol. The summed E-state index contributed by atoms with van der Waals surface area (Å²) in [6.07, 6.45) is 0. The first-order valence-corrected chi connectivity index (χ1v) is 9.68. The van der Waals surface area contributed by atoms with E-state index in [2.05, 4.69) is 15.2 Å². The number of halogens is 2. The molecule has 0 unspecified atom stereocenters. The van der Waals surface area contributed by atoms with Gasteiger partial charge in [0.05, 0.1) is 39.0 Å². The highest BCUT2D eigenvalue weighted by atomic mass is 35.5. The summed E-state index contributed by atoms with van der Waals surface area (Å²) in [5.41, 5.74) is 1.86. The molecular formula is C18H15Cl2N3O2S. The van der Waals surface area contributed by atoms with Crippen molar-refractivity contribution in [2.75, 3.05) is 36.5 Å². The first-order chi connectivity index (χ1) is 12.6. The molecule has 4 rings (SSSR count). The lowest BCUT2D eigenvalue weighted by molar-refractivity contribution is 0.102. The lowest BCUT2D eigenvalue weighted by Crippen LogP contribution is -2.36. The van der Waals surface area contributed by atoms with Crippen LogP contribution in [-0.2, 0) is 4.74 Å². The Morgan fingerprint density at radius 2 is 1.88 bits per heavy atom. The van der Waals surface area contributed by atoms with Crippen molar-refractivity contribution in [1.82, 2.24) is 4.98 Å². The number of anilines is 2. The number of aromatic nitrogens is 1. The molecule has 1 aliphatic rings. The second-order valence-corrected chi connectivity index (χ2v) is 7.65. The van der Waals surface area contributed by atoms with Crippen molar-refractivity contribution in [3.63, 3.8) is 0 Å². The molecule has 3 aromatic rings. The van der Waals surface area contributed by atoms with Crippen molar-refractivity contribution < 1.29 is 9.53 Å². The molecular weight excluding hydrogens is 393 g/mol. The largest absolute Gasteiger partial charge is 0.378 e. The van der Waals surface area contributed by atoms with Crippen LogP contribution in [0.2, 0.25) is 10.0 Å². The van der Waals surface area contributed by atoms with E-state index in [1.54, 1.807) is 29.5 Å². The second-order valence-electron chi connectivity index (χ2n) is 5.83. The van der Waals surface area contributed by atoms with Gasteiger partial charge in [0.25, 0.3) is 5.91 Å². The summed E-state index contributed by atoms with van der Waals surface area (Å²) in [6.45, 7) is 3.12. The summed E-state index contributed by atoms with van der Waals surface area (Å²) in [4.78, 5) is 19.4. The summed E-state index contributed by atoms with van der Waals surface area (Å²) in [7, 11) is 0. The van der Waals surface area contributed by atoms with Crippen molar-refractivity contribution in [3.8, 4) is 0 Å². The van der Waals surface area contributed by atoms with E-state index < -0.39 is 0 Å². The maximum absolute atomic E-state index is 12.5. The Bertz CT molecular complexity index is 950. The summed E-state index contributed by atoms with van der Waals surface area (Å²) in [6, 6.07) is 10.6. The van der Waals surface area contributed by atoms with E-state index in [-0.39, 0.29) is 11.5 Å². The number of carbonyl (C=O) groups excluding carboxylic acids is 1. The lowest BCUT2D eigenvalue weighted by atomic mass is 10.2. The highest BCUT2D eigenvalue weighted by molar-refractivity contribution is 7.22. The molecule has 5 nitrogen and oxygen atoms in total. The molecule has 0 aliphatic carbocycles. The average molecular weight is 408 g/mol. The fourth-order valence-electron chi connectivity index (χ4n) is 2.79. The summed E-state index contributed by atoms with van der Waals surface area (Å²) >= 11 is 13.8. The minimum Gasteiger partial charge on any atom is -0.378 e. The van der Waals surface area contributed by atoms with Crippen LogP contribution in [0, 0.1) is 0 Å². The Labute approximate surface area is 164 Å². The van der Waals surface area contributed by atoms with Crippen LogP contribution in [0.4, 0.5) is 10.8 Å². The second kappa shape index (κ2) is 7.40. The number of amides is 1. The minimum atomic E-state index is -0.335. The summed E-state index contributed by atoms with van der Waals surface area (Å²) in [5.74, 6) is -0.335. The zero-order chi connectivity index (χ0) is 18.1. The smallest absolute Gasteiger partial charge is 0.258 e. The van der Waals surface area contributed by atoms with Gasteiger partial charge in [0.2, 0.25) is 0 Å². The van der Waals surface area contributed by atoms with E-state index in [0.29, 0.717) is 15.7 Å². The number of carbonyl (C=O) groups is 1. The van der Waals surface area contributed by atoms with Crippen LogP contribution in [-0.4, -0.2) is 37.2 Å². The molecule has 2 aromatic carbocycles. The van der Waals surface area contributed by atoms with Crippen LogP contribution in [0.1, 0.15) is 10.4 Å². The summed E-state index contributed by atoms with van der Waals surface area (Å²) < 4.78 is 6.39. The monoisotopic (exact) mass is 407 g/mol. The molecule has 2 heterocycles. The van der Waals surface area contributed by atoms with Gasteiger partial charge in [-0.2, -0.15) is 0 Å². The lowest BCUT2D eigenvalue weighted by Gasteiger charge is -2.25. The Hall–Kier alpha value is -1.86. The Kier molecular flexibility index (Phi) is 5.00. The fraction of sp³-hybridized carbons (Fsp3) is 0.222. The van der Waals surface area contributed by atoms with Gasteiger partial charge in [-0.1, -0.05) is 40.6 Å². The van der Waals surface area contributed by atoms with Gasteiger partial charge in [0.15, 0.2) is 5.13 Å². The molecule has 0 atom stereocenters. The van der Waals surface area contributed by atoms with Crippen molar-refractivity contribution in [3.05, 3.63) is 52.0 Å². The fourth-order valence-corrected chi connectivity index (χ4v) is 4.41. The van der Waals surface area contributed by atoms with E-state index in [0.717, 1.165) is 41.7 Å². The highest BCUT2D eigenvalue weighted by Crippen LogP contribution is 2.32. The summed E-state index contributed by atoms with van der Waals surface area (Å²) in [5, 5.41) is 4.48. The number of hydrogen-bond donors (Lipinski definition) is 1. The predicted octanol–water partition coefficient (Wildman–Crippen LogP) is 4.69. The number of morpholine rings is 1. The number of benzene rings is 2. The van der Waals surface area contributed by atoms with Gasteiger partial charge < -0.3 is 15.0 Å². The van der Waals surface area contributed by atoms with Crippen LogP contribution in [0.5, 0.6) is 0 Å². The third-order valence-electron chi connectivity index (χ3n) is 4.11. The van der Waals surface area contributed by atoms with Crippen LogP contribution in [0.15, 0.2) is 36.4 Å². The van der Waals surface area contributed by atoms with Crippen LogP contribution in [0.25, 0.3) is 10.2 Å². The van der Waals surface area contributed by atoms with Gasteiger partial charge in [-0.25, -0.2) is 4.98 Å². The Morgan fingerprint density at radius 3 is 2.62 bits per heavy atom. The third kappa shape index (κ3) is 3.50. The molecule has 8 heteroatoms. The standard InChI is InChI=1S/C18H15Cl2N3O2S/c19-12-2-1-3-13(20)16(12)17(24)21-11-4-5-14-15(10-11)26-18(22-14)23-6-8-25-9-7-23/h1-5,10H,6-9H2,(H,21,24). The maximum Gasteiger partial charge on any atom is 0.258 e.